The van der Waals surface area contributed by atoms with Crippen molar-refractivity contribution in [2.24, 2.45) is 0 Å². The Labute approximate surface area is 136 Å². The summed E-state index contributed by atoms with van der Waals surface area (Å²) in [5, 5.41) is 8.40. The summed E-state index contributed by atoms with van der Waals surface area (Å²) in [4.78, 5) is 0. The molecule has 0 spiro atoms. The minimum absolute atomic E-state index is 0.473. The smallest absolute Gasteiger partial charge is 0.171 e. The number of hydrogen-bond donors (Lipinski definition) is 2. The Morgan fingerprint density at radius 3 is 2.35 bits per heavy atom. The molecule has 0 bridgehead atoms. The van der Waals surface area contributed by atoms with Gasteiger partial charge in [0.05, 0.1) is 10.7 Å². The minimum atomic E-state index is 0.473. The molecule has 0 aliphatic heterocycles. The molecule has 0 aromatic heterocycles. The van der Waals surface area contributed by atoms with Crippen LogP contribution in [0.1, 0.15) is 44.9 Å². The SMILES string of the molecule is S=C(Nc1ccc(Cl)cc1Cl)NC1CCCCCCC1. The highest BCUT2D eigenvalue weighted by Crippen LogP contribution is 2.25. The second kappa shape index (κ2) is 8.06. The van der Waals surface area contributed by atoms with Crippen LogP contribution in [0.15, 0.2) is 18.2 Å². The van der Waals surface area contributed by atoms with E-state index in [1.807, 2.05) is 6.07 Å². The van der Waals surface area contributed by atoms with E-state index in [0.717, 1.165) is 5.69 Å². The molecule has 0 saturated heterocycles. The fourth-order valence-electron chi connectivity index (χ4n) is 2.54. The van der Waals surface area contributed by atoms with Gasteiger partial charge in [0.2, 0.25) is 0 Å². The van der Waals surface area contributed by atoms with E-state index in [9.17, 15) is 0 Å². The molecular weight excluding hydrogens is 311 g/mol. The lowest BCUT2D eigenvalue weighted by atomic mass is 9.97. The number of benzene rings is 1. The van der Waals surface area contributed by atoms with Crippen molar-refractivity contribution in [1.29, 1.82) is 0 Å². The molecule has 5 heteroatoms. The van der Waals surface area contributed by atoms with E-state index in [1.165, 1.54) is 44.9 Å². The maximum absolute atomic E-state index is 6.13. The van der Waals surface area contributed by atoms with E-state index in [4.69, 9.17) is 35.4 Å². The molecule has 2 rings (SSSR count). The van der Waals surface area contributed by atoms with Crippen LogP contribution in [-0.2, 0) is 0 Å². The van der Waals surface area contributed by atoms with Crippen LogP contribution < -0.4 is 10.6 Å². The number of hydrogen-bond acceptors (Lipinski definition) is 1. The zero-order valence-electron chi connectivity index (χ0n) is 11.4. The van der Waals surface area contributed by atoms with Gasteiger partial charge in [0, 0.05) is 11.1 Å². The monoisotopic (exact) mass is 330 g/mol. The Morgan fingerprint density at radius 2 is 1.70 bits per heavy atom. The predicted octanol–water partition coefficient (Wildman–Crippen LogP) is 5.39. The van der Waals surface area contributed by atoms with Crippen molar-refractivity contribution in [1.82, 2.24) is 5.32 Å². The van der Waals surface area contributed by atoms with Gasteiger partial charge in [-0.2, -0.15) is 0 Å². The van der Waals surface area contributed by atoms with Crippen LogP contribution in [-0.4, -0.2) is 11.2 Å². The number of halogens is 2. The second-order valence-electron chi connectivity index (χ2n) is 5.26. The number of thiocarbonyl (C=S) groups is 1. The molecule has 1 aromatic rings. The maximum atomic E-state index is 6.13. The van der Waals surface area contributed by atoms with Crippen LogP contribution in [0.4, 0.5) is 5.69 Å². The van der Waals surface area contributed by atoms with Gasteiger partial charge < -0.3 is 10.6 Å². The van der Waals surface area contributed by atoms with Gasteiger partial charge >= 0.3 is 0 Å². The van der Waals surface area contributed by atoms with Gasteiger partial charge in [0.15, 0.2) is 5.11 Å². The summed E-state index contributed by atoms with van der Waals surface area (Å²) in [6, 6.07) is 5.83. The highest BCUT2D eigenvalue weighted by Gasteiger charge is 2.12. The van der Waals surface area contributed by atoms with E-state index in [-0.39, 0.29) is 0 Å². The summed E-state index contributed by atoms with van der Waals surface area (Å²) in [5.41, 5.74) is 0.791. The van der Waals surface area contributed by atoms with Gasteiger partial charge in [-0.05, 0) is 43.3 Å². The Hall–Kier alpha value is -0.510. The van der Waals surface area contributed by atoms with Gasteiger partial charge in [-0.1, -0.05) is 55.3 Å². The summed E-state index contributed by atoms with van der Waals surface area (Å²) in [5.74, 6) is 0. The molecule has 2 N–H and O–H groups in total. The molecule has 0 unspecified atom stereocenters. The van der Waals surface area contributed by atoms with Gasteiger partial charge in [-0.3, -0.25) is 0 Å². The molecule has 0 atom stereocenters. The quantitative estimate of drug-likeness (QED) is 0.710. The molecule has 1 aromatic carbocycles. The average Bonchev–Trinajstić information content (AvgIpc) is 2.36. The lowest BCUT2D eigenvalue weighted by molar-refractivity contribution is 0.430. The van der Waals surface area contributed by atoms with Crippen molar-refractivity contribution in [2.45, 2.75) is 51.0 Å². The maximum Gasteiger partial charge on any atom is 0.171 e. The fraction of sp³-hybridized carbons (Fsp3) is 0.533. The molecule has 2 nitrogen and oxygen atoms in total. The molecule has 1 aliphatic rings. The average molecular weight is 331 g/mol. The van der Waals surface area contributed by atoms with Crippen LogP contribution in [0, 0.1) is 0 Å². The number of anilines is 1. The molecule has 1 saturated carbocycles. The van der Waals surface area contributed by atoms with Crippen molar-refractivity contribution in [3.63, 3.8) is 0 Å². The van der Waals surface area contributed by atoms with E-state index in [2.05, 4.69) is 10.6 Å². The van der Waals surface area contributed by atoms with E-state index >= 15 is 0 Å². The largest absolute Gasteiger partial charge is 0.360 e. The second-order valence-corrected chi connectivity index (χ2v) is 6.52. The summed E-state index contributed by atoms with van der Waals surface area (Å²) < 4.78 is 0. The van der Waals surface area contributed by atoms with Gasteiger partial charge in [-0.15, -0.1) is 0 Å². The minimum Gasteiger partial charge on any atom is -0.360 e. The standard InChI is InChI=1S/C15H20Cl2N2S/c16-11-8-9-14(13(17)10-11)19-15(20)18-12-6-4-2-1-3-5-7-12/h8-10,12H,1-7H2,(H2,18,19,20). The molecule has 0 radical (unpaired) electrons. The van der Waals surface area contributed by atoms with Crippen molar-refractivity contribution in [3.8, 4) is 0 Å². The van der Waals surface area contributed by atoms with Crippen molar-refractivity contribution < 1.29 is 0 Å². The Morgan fingerprint density at radius 1 is 1.05 bits per heavy atom. The third-order valence-electron chi connectivity index (χ3n) is 3.62. The molecule has 1 fully saturated rings. The molecule has 20 heavy (non-hydrogen) atoms. The lowest BCUT2D eigenvalue weighted by Gasteiger charge is -2.23. The van der Waals surface area contributed by atoms with Crippen LogP contribution in [0.5, 0.6) is 0 Å². The Kier molecular flexibility index (Phi) is 6.40. The normalized spacial score (nSPS) is 17.1. The number of nitrogens with one attached hydrogen (secondary N) is 2. The van der Waals surface area contributed by atoms with Gasteiger partial charge in [0.25, 0.3) is 0 Å². The number of rotatable bonds is 2. The summed E-state index contributed by atoms with van der Waals surface area (Å²) in [7, 11) is 0. The molecule has 110 valence electrons. The lowest BCUT2D eigenvalue weighted by Crippen LogP contribution is -2.38. The molecule has 0 amide bonds. The van der Waals surface area contributed by atoms with Gasteiger partial charge in [0.1, 0.15) is 0 Å². The highest BCUT2D eigenvalue weighted by atomic mass is 35.5. The molecule has 0 heterocycles. The summed E-state index contributed by atoms with van der Waals surface area (Å²) in [6.45, 7) is 0. The first-order valence-corrected chi connectivity index (χ1v) is 8.34. The first-order chi connectivity index (χ1) is 9.65. The topological polar surface area (TPSA) is 24.1 Å². The highest BCUT2D eigenvalue weighted by molar-refractivity contribution is 7.80. The fourth-order valence-corrected chi connectivity index (χ4v) is 3.27. The first kappa shape index (κ1) is 15.9. The Bertz CT molecular complexity index is 457. The third-order valence-corrected chi connectivity index (χ3v) is 4.39. The van der Waals surface area contributed by atoms with E-state index < -0.39 is 0 Å². The predicted molar refractivity (Wildman–Crippen MR) is 91.9 cm³/mol. The molecule has 1 aliphatic carbocycles. The molecular formula is C15H20Cl2N2S. The Balaban J connectivity index is 1.87. The van der Waals surface area contributed by atoms with Crippen molar-refractivity contribution >= 4 is 46.2 Å². The summed E-state index contributed by atoms with van der Waals surface area (Å²) in [6.07, 6.45) is 8.98. The zero-order chi connectivity index (χ0) is 14.4. The van der Waals surface area contributed by atoms with Gasteiger partial charge in [-0.25, -0.2) is 0 Å². The van der Waals surface area contributed by atoms with E-state index in [0.29, 0.717) is 21.2 Å². The summed E-state index contributed by atoms with van der Waals surface area (Å²) >= 11 is 17.4. The first-order valence-electron chi connectivity index (χ1n) is 7.18. The van der Waals surface area contributed by atoms with E-state index in [1.54, 1.807) is 12.1 Å². The zero-order valence-corrected chi connectivity index (χ0v) is 13.8. The van der Waals surface area contributed by atoms with Crippen LogP contribution in [0.2, 0.25) is 10.0 Å². The third kappa shape index (κ3) is 5.12. The van der Waals surface area contributed by atoms with Crippen LogP contribution >= 0.6 is 35.4 Å². The van der Waals surface area contributed by atoms with Crippen LogP contribution in [0.3, 0.4) is 0 Å². The van der Waals surface area contributed by atoms with Crippen molar-refractivity contribution in [2.75, 3.05) is 5.32 Å². The van der Waals surface area contributed by atoms with Crippen molar-refractivity contribution in [3.05, 3.63) is 28.2 Å². The van der Waals surface area contributed by atoms with Crippen LogP contribution in [0.25, 0.3) is 0 Å².